The van der Waals surface area contributed by atoms with Crippen LogP contribution in [0.2, 0.25) is 0 Å². The summed E-state index contributed by atoms with van der Waals surface area (Å²) in [7, 11) is 0. The lowest BCUT2D eigenvalue weighted by Gasteiger charge is -2.25. The maximum atomic E-state index is 12.3. The number of carbonyl (C=O) groups is 1. The number of anilines is 1. The molecule has 0 aliphatic carbocycles. The standard InChI is InChI=1S/C19H21N3O2.ClH/c1-2-16-9-7-14-11-15(8-10-17(14)24-16)22-19(23)13-5-3-12(4-6-13)18(20)21;/h3-6,8,10-11,16H,2,7,9H2,1H3,(H3,20,21)(H,22,23);1H. The van der Waals surface area contributed by atoms with E-state index in [9.17, 15) is 4.79 Å². The van der Waals surface area contributed by atoms with E-state index in [0.717, 1.165) is 36.3 Å². The number of hydrogen-bond acceptors (Lipinski definition) is 3. The van der Waals surface area contributed by atoms with Gasteiger partial charge in [0, 0.05) is 16.8 Å². The normalized spacial score (nSPS) is 15.3. The van der Waals surface area contributed by atoms with Gasteiger partial charge in [-0.15, -0.1) is 12.4 Å². The van der Waals surface area contributed by atoms with Gasteiger partial charge in [-0.05, 0) is 55.2 Å². The zero-order chi connectivity index (χ0) is 17.1. The Morgan fingerprint density at radius 2 is 1.92 bits per heavy atom. The molecule has 1 aliphatic heterocycles. The second-order valence-corrected chi connectivity index (χ2v) is 5.95. The van der Waals surface area contributed by atoms with Crippen molar-refractivity contribution in [1.29, 1.82) is 5.41 Å². The number of benzene rings is 2. The molecule has 6 heteroatoms. The minimum absolute atomic E-state index is 0. The van der Waals surface area contributed by atoms with E-state index in [1.165, 1.54) is 0 Å². The fourth-order valence-corrected chi connectivity index (χ4v) is 2.81. The lowest BCUT2D eigenvalue weighted by molar-refractivity contribution is 0.102. The molecule has 132 valence electrons. The number of nitrogens with one attached hydrogen (secondary N) is 2. The molecule has 0 saturated carbocycles. The summed E-state index contributed by atoms with van der Waals surface area (Å²) in [5.41, 5.74) is 8.43. The molecule has 0 bridgehead atoms. The van der Waals surface area contributed by atoms with Gasteiger partial charge >= 0.3 is 0 Å². The van der Waals surface area contributed by atoms with E-state index in [0.29, 0.717) is 11.1 Å². The van der Waals surface area contributed by atoms with Crippen molar-refractivity contribution in [2.45, 2.75) is 32.3 Å². The molecule has 0 aromatic heterocycles. The summed E-state index contributed by atoms with van der Waals surface area (Å²) in [5.74, 6) is 0.715. The number of nitrogen functional groups attached to an aromatic ring is 1. The second kappa shape index (κ2) is 8.03. The average molecular weight is 360 g/mol. The minimum atomic E-state index is -0.187. The molecule has 1 aliphatic rings. The quantitative estimate of drug-likeness (QED) is 0.573. The van der Waals surface area contributed by atoms with Crippen LogP contribution in [0.25, 0.3) is 0 Å². The van der Waals surface area contributed by atoms with Crippen molar-refractivity contribution in [2.75, 3.05) is 5.32 Å². The minimum Gasteiger partial charge on any atom is -0.490 e. The van der Waals surface area contributed by atoms with E-state index >= 15 is 0 Å². The first-order valence-electron chi connectivity index (χ1n) is 8.12. The zero-order valence-corrected chi connectivity index (χ0v) is 14.9. The number of amidine groups is 1. The van der Waals surface area contributed by atoms with Gasteiger partial charge in [0.1, 0.15) is 11.6 Å². The fraction of sp³-hybridized carbons (Fsp3) is 0.263. The van der Waals surface area contributed by atoms with Crippen LogP contribution in [0.1, 0.15) is 41.3 Å². The smallest absolute Gasteiger partial charge is 0.255 e. The number of fused-ring (bicyclic) bond motifs is 1. The van der Waals surface area contributed by atoms with E-state index in [1.807, 2.05) is 18.2 Å². The molecule has 0 radical (unpaired) electrons. The molecular weight excluding hydrogens is 338 g/mol. The monoisotopic (exact) mass is 359 g/mol. The first kappa shape index (κ1) is 18.8. The van der Waals surface area contributed by atoms with Gasteiger partial charge in [-0.25, -0.2) is 0 Å². The highest BCUT2D eigenvalue weighted by molar-refractivity contribution is 6.05. The number of carbonyl (C=O) groups excluding carboxylic acids is 1. The Labute approximate surface area is 153 Å². The highest BCUT2D eigenvalue weighted by atomic mass is 35.5. The average Bonchev–Trinajstić information content (AvgIpc) is 2.61. The third-order valence-corrected chi connectivity index (χ3v) is 4.26. The third-order valence-electron chi connectivity index (χ3n) is 4.26. The largest absolute Gasteiger partial charge is 0.490 e. The maximum absolute atomic E-state index is 12.3. The maximum Gasteiger partial charge on any atom is 0.255 e. The highest BCUT2D eigenvalue weighted by Gasteiger charge is 2.18. The summed E-state index contributed by atoms with van der Waals surface area (Å²) in [6.07, 6.45) is 3.27. The van der Waals surface area contributed by atoms with Crippen LogP contribution in [0, 0.1) is 5.41 Å². The number of ether oxygens (including phenoxy) is 1. The van der Waals surface area contributed by atoms with Crippen molar-refractivity contribution in [1.82, 2.24) is 0 Å². The molecule has 1 unspecified atom stereocenters. The molecule has 25 heavy (non-hydrogen) atoms. The van der Waals surface area contributed by atoms with Crippen molar-refractivity contribution in [3.05, 3.63) is 59.2 Å². The lowest BCUT2D eigenvalue weighted by atomic mass is 10.0. The summed E-state index contributed by atoms with van der Waals surface area (Å²) in [6, 6.07) is 12.4. The molecule has 0 saturated heterocycles. The highest BCUT2D eigenvalue weighted by Crippen LogP contribution is 2.31. The molecule has 2 aromatic rings. The SMILES string of the molecule is CCC1CCc2cc(NC(=O)c3ccc(C(=N)N)cc3)ccc2O1.Cl. The topological polar surface area (TPSA) is 88.2 Å². The predicted octanol–water partition coefficient (Wildman–Crippen LogP) is 3.75. The van der Waals surface area contributed by atoms with Gasteiger partial charge in [0.25, 0.3) is 5.91 Å². The molecular formula is C19H22ClN3O2. The van der Waals surface area contributed by atoms with Crippen LogP contribution in [0.3, 0.4) is 0 Å². The van der Waals surface area contributed by atoms with Crippen LogP contribution < -0.4 is 15.8 Å². The van der Waals surface area contributed by atoms with Gasteiger partial charge in [0.2, 0.25) is 0 Å². The number of rotatable bonds is 4. The van der Waals surface area contributed by atoms with E-state index in [1.54, 1.807) is 24.3 Å². The number of aryl methyl sites for hydroxylation is 1. The first-order valence-corrected chi connectivity index (χ1v) is 8.12. The van der Waals surface area contributed by atoms with E-state index in [-0.39, 0.29) is 30.3 Å². The van der Waals surface area contributed by atoms with Crippen molar-refractivity contribution < 1.29 is 9.53 Å². The molecule has 1 heterocycles. The Balaban J connectivity index is 0.00000225. The van der Waals surface area contributed by atoms with E-state index < -0.39 is 0 Å². The van der Waals surface area contributed by atoms with Crippen LogP contribution in [0.4, 0.5) is 5.69 Å². The van der Waals surface area contributed by atoms with Gasteiger partial charge < -0.3 is 15.8 Å². The van der Waals surface area contributed by atoms with Crippen LogP contribution in [-0.4, -0.2) is 17.8 Å². The molecule has 0 fully saturated rings. The Morgan fingerprint density at radius 1 is 1.24 bits per heavy atom. The van der Waals surface area contributed by atoms with Crippen molar-refractivity contribution in [3.8, 4) is 5.75 Å². The molecule has 0 spiro atoms. The molecule has 2 aromatic carbocycles. The predicted molar refractivity (Wildman–Crippen MR) is 102 cm³/mol. The number of amides is 1. The summed E-state index contributed by atoms with van der Waals surface area (Å²) < 4.78 is 5.92. The van der Waals surface area contributed by atoms with Gasteiger partial charge in [-0.1, -0.05) is 19.1 Å². The summed E-state index contributed by atoms with van der Waals surface area (Å²) in [4.78, 5) is 12.3. The van der Waals surface area contributed by atoms with Gasteiger partial charge in [0.15, 0.2) is 0 Å². The van der Waals surface area contributed by atoms with E-state index in [4.69, 9.17) is 15.9 Å². The van der Waals surface area contributed by atoms with Crippen molar-refractivity contribution in [3.63, 3.8) is 0 Å². The third kappa shape index (κ3) is 4.31. The van der Waals surface area contributed by atoms with Gasteiger partial charge in [-0.2, -0.15) is 0 Å². The van der Waals surface area contributed by atoms with Crippen LogP contribution in [0.5, 0.6) is 5.75 Å². The van der Waals surface area contributed by atoms with Gasteiger partial charge in [0.05, 0.1) is 6.10 Å². The van der Waals surface area contributed by atoms with Crippen LogP contribution >= 0.6 is 12.4 Å². The Bertz CT molecular complexity index is 775. The molecule has 5 nitrogen and oxygen atoms in total. The molecule has 1 amide bonds. The summed E-state index contributed by atoms with van der Waals surface area (Å²) in [5, 5.41) is 10.3. The van der Waals surface area contributed by atoms with Crippen LogP contribution in [-0.2, 0) is 6.42 Å². The molecule has 3 rings (SSSR count). The molecule has 1 atom stereocenters. The Morgan fingerprint density at radius 3 is 2.56 bits per heavy atom. The van der Waals surface area contributed by atoms with Crippen molar-refractivity contribution >= 4 is 29.8 Å². The number of nitrogens with two attached hydrogens (primary N) is 1. The van der Waals surface area contributed by atoms with E-state index in [2.05, 4.69) is 12.2 Å². The van der Waals surface area contributed by atoms with Crippen molar-refractivity contribution in [2.24, 2.45) is 5.73 Å². The number of halogens is 1. The Hall–Kier alpha value is -2.53. The zero-order valence-electron chi connectivity index (χ0n) is 14.0. The molecule has 4 N–H and O–H groups in total. The van der Waals surface area contributed by atoms with Gasteiger partial charge in [-0.3, -0.25) is 10.2 Å². The first-order chi connectivity index (χ1) is 11.6. The number of hydrogen-bond donors (Lipinski definition) is 3. The summed E-state index contributed by atoms with van der Waals surface area (Å²) in [6.45, 7) is 2.13. The Kier molecular flexibility index (Phi) is 6.04. The van der Waals surface area contributed by atoms with Crippen LogP contribution in [0.15, 0.2) is 42.5 Å². The summed E-state index contributed by atoms with van der Waals surface area (Å²) >= 11 is 0. The second-order valence-electron chi connectivity index (χ2n) is 5.95. The lowest BCUT2D eigenvalue weighted by Crippen LogP contribution is -2.21. The fourth-order valence-electron chi connectivity index (χ4n) is 2.81.